The van der Waals surface area contributed by atoms with E-state index in [4.69, 9.17) is 4.74 Å². The molecule has 0 bridgehead atoms. The molecule has 9 nitrogen and oxygen atoms in total. The number of aliphatic carboxylic acids is 1. The molecule has 0 aliphatic carbocycles. The highest BCUT2D eigenvalue weighted by atomic mass is 19.4. The van der Waals surface area contributed by atoms with Crippen LogP contribution in [0.5, 0.6) is 5.75 Å². The van der Waals surface area contributed by atoms with Crippen LogP contribution in [0.15, 0.2) is 33.9 Å². The highest BCUT2D eigenvalue weighted by Gasteiger charge is 2.26. The van der Waals surface area contributed by atoms with Gasteiger partial charge in [-0.05, 0) is 57.2 Å². The molecule has 1 aromatic heterocycles. The van der Waals surface area contributed by atoms with Crippen molar-refractivity contribution in [2.24, 2.45) is 0 Å². The number of carboxylic acid groups (broad SMARTS) is 1. The molecular formula is C23H30F3N4O5-. The zero-order valence-corrected chi connectivity index (χ0v) is 20.0. The van der Waals surface area contributed by atoms with Gasteiger partial charge >= 0.3 is 11.9 Å². The SMILES string of the molecule is CCCN(CCCc1cccc(OC(C)(C)C(=O)[O-])c1)c1n[nH]c(=O)n(CCCC(F)(F)F)c1=O. The van der Waals surface area contributed by atoms with E-state index < -0.39 is 41.8 Å². The lowest BCUT2D eigenvalue weighted by molar-refractivity contribution is -0.320. The van der Waals surface area contributed by atoms with Crippen LogP contribution in [-0.4, -0.2) is 45.6 Å². The highest BCUT2D eigenvalue weighted by molar-refractivity contribution is 5.74. The van der Waals surface area contributed by atoms with Crippen molar-refractivity contribution in [1.82, 2.24) is 14.8 Å². The Balaban J connectivity index is 2.10. The summed E-state index contributed by atoms with van der Waals surface area (Å²) in [6.07, 6.45) is -4.03. The van der Waals surface area contributed by atoms with Gasteiger partial charge in [0.1, 0.15) is 11.4 Å². The minimum Gasteiger partial charge on any atom is -0.546 e. The predicted octanol–water partition coefficient (Wildman–Crippen LogP) is 2.03. The average molecular weight is 500 g/mol. The Hall–Kier alpha value is -3.31. The van der Waals surface area contributed by atoms with Gasteiger partial charge in [-0.25, -0.2) is 9.89 Å². The first-order chi connectivity index (χ1) is 16.3. The van der Waals surface area contributed by atoms with E-state index in [2.05, 4.69) is 10.2 Å². The number of alkyl halides is 3. The standard InChI is InChI=1S/C23H31F3N4O5/c1-4-12-29(18-19(31)30(21(34)28-27-18)14-7-11-23(24,25)26)13-6-9-16-8-5-10-17(15-16)35-22(2,3)20(32)33/h5,8,10,15H,4,6-7,9,11-14H2,1-3H3,(H,28,34)(H,32,33)/p-1. The Bertz CT molecular complexity index is 1110. The predicted molar refractivity (Wildman–Crippen MR) is 121 cm³/mol. The monoisotopic (exact) mass is 499 g/mol. The molecule has 0 spiro atoms. The third-order valence-electron chi connectivity index (χ3n) is 5.23. The lowest BCUT2D eigenvalue weighted by Crippen LogP contribution is -2.47. The van der Waals surface area contributed by atoms with Crippen molar-refractivity contribution in [3.05, 3.63) is 50.7 Å². The van der Waals surface area contributed by atoms with E-state index in [1.807, 2.05) is 13.0 Å². The summed E-state index contributed by atoms with van der Waals surface area (Å²) in [5.41, 5.74) is -2.20. The molecule has 1 heterocycles. The van der Waals surface area contributed by atoms with E-state index in [0.717, 1.165) is 10.1 Å². The van der Waals surface area contributed by atoms with E-state index in [9.17, 15) is 32.7 Å². The number of aromatic nitrogens is 3. The van der Waals surface area contributed by atoms with Crippen LogP contribution in [0, 0.1) is 0 Å². The number of carbonyl (C=O) groups excluding carboxylic acids is 1. The second kappa shape index (κ2) is 11.9. The zero-order chi connectivity index (χ0) is 26.2. The molecule has 0 unspecified atom stereocenters. The first-order valence-electron chi connectivity index (χ1n) is 11.3. The van der Waals surface area contributed by atoms with Crippen LogP contribution in [0.4, 0.5) is 19.0 Å². The van der Waals surface area contributed by atoms with Crippen molar-refractivity contribution in [2.45, 2.75) is 71.2 Å². The van der Waals surface area contributed by atoms with Crippen molar-refractivity contribution in [3.63, 3.8) is 0 Å². The number of rotatable bonds is 13. The Morgan fingerprint density at radius 2 is 1.91 bits per heavy atom. The van der Waals surface area contributed by atoms with Crippen molar-refractivity contribution in [3.8, 4) is 5.75 Å². The van der Waals surface area contributed by atoms with Crippen molar-refractivity contribution in [2.75, 3.05) is 18.0 Å². The number of benzene rings is 1. The maximum absolute atomic E-state index is 12.8. The van der Waals surface area contributed by atoms with E-state index in [0.29, 0.717) is 38.1 Å². The first kappa shape index (κ1) is 27.9. The number of halogens is 3. The molecule has 0 fully saturated rings. The maximum atomic E-state index is 12.8. The number of anilines is 1. The van der Waals surface area contributed by atoms with Gasteiger partial charge in [0.25, 0.3) is 5.56 Å². The van der Waals surface area contributed by atoms with Crippen LogP contribution >= 0.6 is 0 Å². The summed E-state index contributed by atoms with van der Waals surface area (Å²) in [4.78, 5) is 37.7. The summed E-state index contributed by atoms with van der Waals surface area (Å²) in [5, 5.41) is 17.3. The number of H-pyrrole nitrogens is 1. The van der Waals surface area contributed by atoms with E-state index in [1.165, 1.54) is 13.8 Å². The normalized spacial score (nSPS) is 11.9. The van der Waals surface area contributed by atoms with Gasteiger partial charge in [0.2, 0.25) is 5.82 Å². The number of hydrogen-bond acceptors (Lipinski definition) is 7. The number of nitrogens with zero attached hydrogens (tertiary/aromatic N) is 3. The Morgan fingerprint density at radius 1 is 1.20 bits per heavy atom. The highest BCUT2D eigenvalue weighted by Crippen LogP contribution is 2.22. The second-order valence-electron chi connectivity index (χ2n) is 8.67. The summed E-state index contributed by atoms with van der Waals surface area (Å²) in [5.74, 6) is -0.979. The zero-order valence-electron chi connectivity index (χ0n) is 20.0. The summed E-state index contributed by atoms with van der Waals surface area (Å²) >= 11 is 0. The molecule has 194 valence electrons. The summed E-state index contributed by atoms with van der Waals surface area (Å²) in [6.45, 7) is 5.19. The van der Waals surface area contributed by atoms with Crippen molar-refractivity contribution in [1.29, 1.82) is 0 Å². The Morgan fingerprint density at radius 3 is 2.54 bits per heavy atom. The topological polar surface area (TPSA) is 120 Å². The smallest absolute Gasteiger partial charge is 0.389 e. The number of carboxylic acids is 1. The number of aromatic amines is 1. The third kappa shape index (κ3) is 8.45. The number of carbonyl (C=O) groups is 1. The molecule has 2 aromatic rings. The van der Waals surface area contributed by atoms with Gasteiger partial charge in [0.15, 0.2) is 0 Å². The molecule has 0 saturated heterocycles. The minimum atomic E-state index is -4.37. The maximum Gasteiger partial charge on any atom is 0.389 e. The van der Waals surface area contributed by atoms with Crippen LogP contribution in [0.3, 0.4) is 0 Å². The number of aryl methyl sites for hydroxylation is 1. The van der Waals surface area contributed by atoms with Crippen LogP contribution in [0.25, 0.3) is 0 Å². The van der Waals surface area contributed by atoms with Crippen LogP contribution in [0.1, 0.15) is 52.0 Å². The van der Waals surface area contributed by atoms with Gasteiger partial charge in [-0.1, -0.05) is 19.1 Å². The van der Waals surface area contributed by atoms with Crippen LogP contribution in [0.2, 0.25) is 0 Å². The fraction of sp³-hybridized carbons (Fsp3) is 0.565. The molecule has 0 aliphatic rings. The van der Waals surface area contributed by atoms with Gasteiger partial charge in [0, 0.05) is 26.1 Å². The second-order valence-corrected chi connectivity index (χ2v) is 8.67. The quantitative estimate of drug-likeness (QED) is 0.448. The number of hydrogen-bond donors (Lipinski definition) is 1. The van der Waals surface area contributed by atoms with Gasteiger partial charge in [-0.15, -0.1) is 5.10 Å². The summed E-state index contributed by atoms with van der Waals surface area (Å²) < 4.78 is 43.6. The lowest BCUT2D eigenvalue weighted by Gasteiger charge is -2.27. The van der Waals surface area contributed by atoms with Gasteiger partial charge < -0.3 is 19.5 Å². The van der Waals surface area contributed by atoms with Gasteiger partial charge in [0.05, 0.1) is 5.97 Å². The first-order valence-corrected chi connectivity index (χ1v) is 11.3. The fourth-order valence-corrected chi connectivity index (χ4v) is 3.44. The summed E-state index contributed by atoms with van der Waals surface area (Å²) in [6, 6.07) is 6.96. The molecule has 0 saturated carbocycles. The van der Waals surface area contributed by atoms with E-state index in [-0.39, 0.29) is 12.4 Å². The molecule has 1 N–H and O–H groups in total. The fourth-order valence-electron chi connectivity index (χ4n) is 3.44. The molecule has 1 aromatic carbocycles. The molecular weight excluding hydrogens is 469 g/mol. The Labute approximate surface area is 200 Å². The van der Waals surface area contributed by atoms with E-state index >= 15 is 0 Å². The molecule has 12 heteroatoms. The molecule has 35 heavy (non-hydrogen) atoms. The van der Waals surface area contributed by atoms with Crippen molar-refractivity contribution < 1.29 is 27.8 Å². The lowest BCUT2D eigenvalue weighted by atomic mass is 10.1. The minimum absolute atomic E-state index is 0.0220. The molecule has 2 rings (SSSR count). The Kier molecular flexibility index (Phi) is 9.49. The van der Waals surface area contributed by atoms with Gasteiger partial charge in [-0.2, -0.15) is 13.2 Å². The molecule has 0 aliphatic heterocycles. The number of nitrogens with one attached hydrogen (secondary N) is 1. The van der Waals surface area contributed by atoms with E-state index in [1.54, 1.807) is 23.1 Å². The molecule has 0 amide bonds. The van der Waals surface area contributed by atoms with Gasteiger partial charge in [-0.3, -0.25) is 9.36 Å². The third-order valence-corrected chi connectivity index (χ3v) is 5.23. The van der Waals surface area contributed by atoms with Crippen LogP contribution in [-0.2, 0) is 17.8 Å². The number of ether oxygens (including phenoxy) is 1. The molecule has 0 atom stereocenters. The van der Waals surface area contributed by atoms with Crippen molar-refractivity contribution >= 4 is 11.8 Å². The largest absolute Gasteiger partial charge is 0.546 e. The average Bonchev–Trinajstić information content (AvgIpc) is 2.75. The summed E-state index contributed by atoms with van der Waals surface area (Å²) in [7, 11) is 0. The molecule has 0 radical (unpaired) electrons. The van der Waals surface area contributed by atoms with Crippen LogP contribution < -0.4 is 26.0 Å².